The van der Waals surface area contributed by atoms with Gasteiger partial charge in [-0.05, 0) is 18.3 Å². The fraction of sp³-hybridized carbons (Fsp3) is 0.733. The second kappa shape index (κ2) is 5.28. The van der Waals surface area contributed by atoms with E-state index in [1.54, 1.807) is 0 Å². The van der Waals surface area contributed by atoms with E-state index in [9.17, 15) is 0 Å². The van der Waals surface area contributed by atoms with E-state index in [2.05, 4.69) is 44.5 Å². The first-order valence-corrected chi connectivity index (χ1v) is 7.45. The molecule has 1 unspecified atom stereocenters. The molecule has 0 saturated carbocycles. The van der Waals surface area contributed by atoms with Gasteiger partial charge in [-0.3, -0.25) is 0 Å². The largest absolute Gasteiger partial charge is 0.356 e. The summed E-state index contributed by atoms with van der Waals surface area (Å²) < 4.78 is 0. The van der Waals surface area contributed by atoms with Crippen molar-refractivity contribution in [2.24, 2.45) is 11.8 Å². The third kappa shape index (κ3) is 3.38. The van der Waals surface area contributed by atoms with Crippen molar-refractivity contribution in [1.82, 2.24) is 9.97 Å². The zero-order valence-electron chi connectivity index (χ0n) is 12.6. The highest BCUT2D eigenvalue weighted by Crippen LogP contribution is 2.30. The Balaban J connectivity index is 2.24. The van der Waals surface area contributed by atoms with E-state index in [0.717, 1.165) is 36.6 Å². The molecule has 0 spiro atoms. The monoisotopic (exact) mass is 281 g/mol. The van der Waals surface area contributed by atoms with E-state index >= 15 is 0 Å². The maximum Gasteiger partial charge on any atom is 0.137 e. The van der Waals surface area contributed by atoms with Gasteiger partial charge >= 0.3 is 0 Å². The molecule has 0 radical (unpaired) electrons. The number of anilines is 1. The van der Waals surface area contributed by atoms with Crippen molar-refractivity contribution in [2.75, 3.05) is 18.0 Å². The smallest absolute Gasteiger partial charge is 0.137 e. The Morgan fingerprint density at radius 3 is 2.53 bits per heavy atom. The van der Waals surface area contributed by atoms with Gasteiger partial charge in [-0.25, -0.2) is 9.97 Å². The first-order chi connectivity index (χ1) is 8.77. The van der Waals surface area contributed by atoms with Crippen LogP contribution in [0, 0.1) is 11.8 Å². The van der Waals surface area contributed by atoms with Crippen LogP contribution >= 0.6 is 11.6 Å². The molecule has 4 heteroatoms. The maximum atomic E-state index is 6.16. The first kappa shape index (κ1) is 14.6. The third-order valence-electron chi connectivity index (χ3n) is 3.84. The number of hydrogen-bond donors (Lipinski definition) is 0. The summed E-state index contributed by atoms with van der Waals surface area (Å²) in [6, 6.07) is 1.89. The lowest BCUT2D eigenvalue weighted by Crippen LogP contribution is -2.24. The summed E-state index contributed by atoms with van der Waals surface area (Å²) in [7, 11) is 0. The SMILES string of the molecule is CC(C)C1CCN(c2cc(Cl)nc(C(C)(C)C)n2)C1. The van der Waals surface area contributed by atoms with Crippen molar-refractivity contribution >= 4 is 17.4 Å². The minimum Gasteiger partial charge on any atom is -0.356 e. The van der Waals surface area contributed by atoms with Crippen LogP contribution in [0.15, 0.2) is 6.07 Å². The van der Waals surface area contributed by atoms with Crippen molar-refractivity contribution in [1.29, 1.82) is 0 Å². The average molecular weight is 282 g/mol. The molecule has 2 rings (SSSR count). The lowest BCUT2D eigenvalue weighted by atomic mass is 9.95. The van der Waals surface area contributed by atoms with Crippen LogP contribution in [-0.2, 0) is 5.41 Å². The summed E-state index contributed by atoms with van der Waals surface area (Å²) in [5, 5.41) is 0.544. The van der Waals surface area contributed by atoms with E-state index in [-0.39, 0.29) is 5.41 Å². The molecule has 106 valence electrons. The molecular formula is C15H24ClN3. The van der Waals surface area contributed by atoms with E-state index in [1.165, 1.54) is 6.42 Å². The summed E-state index contributed by atoms with van der Waals surface area (Å²) in [5.41, 5.74) is -0.0726. The molecule has 2 heterocycles. The van der Waals surface area contributed by atoms with Gasteiger partial charge in [0.05, 0.1) is 0 Å². The molecule has 1 fully saturated rings. The molecule has 1 aliphatic rings. The second-order valence-corrected chi connectivity index (χ2v) is 7.25. The normalized spacial score (nSPS) is 20.4. The van der Waals surface area contributed by atoms with Crippen molar-refractivity contribution in [2.45, 2.75) is 46.5 Å². The van der Waals surface area contributed by atoms with E-state index in [1.807, 2.05) is 6.07 Å². The van der Waals surface area contributed by atoms with Gasteiger partial charge in [-0.1, -0.05) is 46.2 Å². The number of nitrogens with zero attached hydrogens (tertiary/aromatic N) is 3. The van der Waals surface area contributed by atoms with Gasteiger partial charge in [0.15, 0.2) is 0 Å². The molecule has 0 N–H and O–H groups in total. The Hall–Kier alpha value is -0.830. The van der Waals surface area contributed by atoms with E-state index in [0.29, 0.717) is 5.15 Å². The molecular weight excluding hydrogens is 258 g/mol. The molecule has 0 bridgehead atoms. The molecule has 3 nitrogen and oxygen atoms in total. The van der Waals surface area contributed by atoms with Crippen LogP contribution in [0.2, 0.25) is 5.15 Å². The lowest BCUT2D eigenvalue weighted by molar-refractivity contribution is 0.422. The Morgan fingerprint density at radius 1 is 1.32 bits per heavy atom. The fourth-order valence-corrected chi connectivity index (χ4v) is 2.62. The van der Waals surface area contributed by atoms with Crippen molar-refractivity contribution in [3.63, 3.8) is 0 Å². The van der Waals surface area contributed by atoms with Gasteiger partial charge in [0.2, 0.25) is 0 Å². The van der Waals surface area contributed by atoms with Gasteiger partial charge in [0, 0.05) is 24.6 Å². The van der Waals surface area contributed by atoms with E-state index < -0.39 is 0 Å². The highest BCUT2D eigenvalue weighted by molar-refractivity contribution is 6.29. The Kier molecular flexibility index (Phi) is 4.05. The second-order valence-electron chi connectivity index (χ2n) is 6.86. The van der Waals surface area contributed by atoms with Crippen LogP contribution < -0.4 is 4.90 Å². The topological polar surface area (TPSA) is 29.0 Å². The maximum absolute atomic E-state index is 6.16. The summed E-state index contributed by atoms with van der Waals surface area (Å²) in [4.78, 5) is 11.4. The van der Waals surface area contributed by atoms with Crippen LogP contribution in [0.1, 0.15) is 46.9 Å². The van der Waals surface area contributed by atoms with Gasteiger partial charge < -0.3 is 4.90 Å². The summed E-state index contributed by atoms with van der Waals surface area (Å²) >= 11 is 6.16. The number of aromatic nitrogens is 2. The number of halogens is 1. The Labute approximate surface area is 121 Å². The van der Waals surface area contributed by atoms with Crippen LogP contribution in [0.3, 0.4) is 0 Å². The Morgan fingerprint density at radius 2 is 2.00 bits per heavy atom. The predicted molar refractivity (Wildman–Crippen MR) is 80.9 cm³/mol. The van der Waals surface area contributed by atoms with Crippen molar-refractivity contribution in [3.05, 3.63) is 17.0 Å². The highest BCUT2D eigenvalue weighted by Gasteiger charge is 2.27. The van der Waals surface area contributed by atoms with Crippen LogP contribution in [0.4, 0.5) is 5.82 Å². The predicted octanol–water partition coefficient (Wildman–Crippen LogP) is 3.91. The molecule has 1 aromatic rings. The lowest BCUT2D eigenvalue weighted by Gasteiger charge is -2.22. The van der Waals surface area contributed by atoms with Gasteiger partial charge in [0.1, 0.15) is 16.8 Å². The summed E-state index contributed by atoms with van der Waals surface area (Å²) in [5.74, 6) is 3.28. The van der Waals surface area contributed by atoms with Gasteiger partial charge in [0.25, 0.3) is 0 Å². The van der Waals surface area contributed by atoms with Crippen molar-refractivity contribution < 1.29 is 0 Å². The molecule has 1 aromatic heterocycles. The summed E-state index contributed by atoms with van der Waals surface area (Å²) in [6.07, 6.45) is 1.24. The molecule has 0 aliphatic carbocycles. The average Bonchev–Trinajstić information content (AvgIpc) is 2.76. The third-order valence-corrected chi connectivity index (χ3v) is 4.04. The standard InChI is InChI=1S/C15H24ClN3/c1-10(2)11-6-7-19(9-11)13-8-12(16)17-14(18-13)15(3,4)5/h8,10-11H,6-7,9H2,1-5H3. The molecule has 19 heavy (non-hydrogen) atoms. The van der Waals surface area contributed by atoms with Crippen LogP contribution in [0.5, 0.6) is 0 Å². The van der Waals surface area contributed by atoms with Gasteiger partial charge in [-0.15, -0.1) is 0 Å². The molecule has 1 saturated heterocycles. The highest BCUT2D eigenvalue weighted by atomic mass is 35.5. The first-order valence-electron chi connectivity index (χ1n) is 7.07. The number of hydrogen-bond acceptors (Lipinski definition) is 3. The van der Waals surface area contributed by atoms with Crippen LogP contribution in [-0.4, -0.2) is 23.1 Å². The zero-order chi connectivity index (χ0) is 14.2. The zero-order valence-corrected chi connectivity index (χ0v) is 13.3. The Bertz CT molecular complexity index is 451. The summed E-state index contributed by atoms with van der Waals surface area (Å²) in [6.45, 7) is 13.1. The van der Waals surface area contributed by atoms with Gasteiger partial charge in [-0.2, -0.15) is 0 Å². The van der Waals surface area contributed by atoms with Crippen molar-refractivity contribution in [3.8, 4) is 0 Å². The molecule has 0 amide bonds. The number of rotatable bonds is 2. The molecule has 1 atom stereocenters. The minimum absolute atomic E-state index is 0.0726. The molecule has 1 aliphatic heterocycles. The quantitative estimate of drug-likeness (QED) is 0.770. The minimum atomic E-state index is -0.0726. The van der Waals surface area contributed by atoms with E-state index in [4.69, 9.17) is 16.6 Å². The van der Waals surface area contributed by atoms with Crippen LogP contribution in [0.25, 0.3) is 0 Å². The fourth-order valence-electron chi connectivity index (χ4n) is 2.44. The molecule has 0 aromatic carbocycles.